The van der Waals surface area contributed by atoms with E-state index in [1.54, 1.807) is 50.6 Å². The summed E-state index contributed by atoms with van der Waals surface area (Å²) in [7, 11) is 3.14. The Bertz CT molecular complexity index is 994. The van der Waals surface area contributed by atoms with Crippen LogP contribution >= 0.6 is 0 Å². The molecule has 208 valence electrons. The maximum absolute atomic E-state index is 12.7. The highest BCUT2D eigenvalue weighted by atomic mass is 16.5. The van der Waals surface area contributed by atoms with Crippen LogP contribution < -0.4 is 30.1 Å². The highest BCUT2D eigenvalue weighted by molar-refractivity contribution is 5.48. The third-order valence-corrected chi connectivity index (χ3v) is 6.03. The van der Waals surface area contributed by atoms with Crippen molar-refractivity contribution in [2.45, 2.75) is 0 Å². The van der Waals surface area contributed by atoms with Gasteiger partial charge in [-0.25, -0.2) is 0 Å². The van der Waals surface area contributed by atoms with Crippen molar-refractivity contribution in [1.29, 1.82) is 0 Å². The molecule has 1 saturated heterocycles. The molecule has 0 atom stereocenters. The summed E-state index contributed by atoms with van der Waals surface area (Å²) in [5.74, 6) is 1.23. The zero-order chi connectivity index (χ0) is 27.0. The van der Waals surface area contributed by atoms with Gasteiger partial charge in [-0.1, -0.05) is 0 Å². The second-order valence-electron chi connectivity index (χ2n) is 8.47. The normalized spacial score (nSPS) is 17.2. The van der Waals surface area contributed by atoms with Gasteiger partial charge in [-0.3, -0.25) is 9.59 Å². The van der Waals surface area contributed by atoms with Crippen molar-refractivity contribution in [3.8, 4) is 11.5 Å². The molecular formula is C28H38N2O8. The molecule has 0 aliphatic carbocycles. The monoisotopic (exact) mass is 530 g/mol. The van der Waals surface area contributed by atoms with Crippen molar-refractivity contribution in [2.24, 2.45) is 0 Å². The molecule has 0 spiro atoms. The first-order chi connectivity index (χ1) is 18.6. The Hall–Kier alpha value is -3.18. The number of methoxy groups -OCH3 is 2. The molecular weight excluding hydrogens is 492 g/mol. The molecule has 0 bridgehead atoms. The molecule has 0 radical (unpaired) electrons. The van der Waals surface area contributed by atoms with Crippen LogP contribution in [0.25, 0.3) is 0 Å². The van der Waals surface area contributed by atoms with Crippen LogP contribution in [0.2, 0.25) is 0 Å². The first-order valence-corrected chi connectivity index (χ1v) is 12.8. The summed E-state index contributed by atoms with van der Waals surface area (Å²) >= 11 is 0. The van der Waals surface area contributed by atoms with Gasteiger partial charge in [-0.05, 0) is 48.5 Å². The zero-order valence-electron chi connectivity index (χ0n) is 22.3. The van der Waals surface area contributed by atoms with Crippen LogP contribution in [-0.4, -0.2) is 93.3 Å². The smallest absolute Gasteiger partial charge is 0.201 e. The van der Waals surface area contributed by atoms with E-state index < -0.39 is 0 Å². The van der Waals surface area contributed by atoms with Gasteiger partial charge in [0.25, 0.3) is 0 Å². The standard InChI is InChI=1S/C28H38N2O8/c1-33-23-3-7-25(27(31)9-5-23)29-11-15-35-19-21-37-17-13-30(14-18-38-22-20-36-16-12-29)26-8-4-24(34-2)6-10-28(26)32/h3-10H,11-22H2,1-2H3. The lowest BCUT2D eigenvalue weighted by molar-refractivity contribution is 0.0435. The molecule has 0 amide bonds. The number of rotatable bonds is 4. The molecule has 10 nitrogen and oxygen atoms in total. The molecule has 0 N–H and O–H groups in total. The highest BCUT2D eigenvalue weighted by Crippen LogP contribution is 2.14. The lowest BCUT2D eigenvalue weighted by atomic mass is 10.3. The van der Waals surface area contributed by atoms with Gasteiger partial charge in [-0.2, -0.15) is 0 Å². The van der Waals surface area contributed by atoms with Crippen LogP contribution in [0.5, 0.6) is 11.5 Å². The summed E-state index contributed by atoms with van der Waals surface area (Å²) in [6.07, 6.45) is 0. The van der Waals surface area contributed by atoms with Crippen molar-refractivity contribution < 1.29 is 28.4 Å². The van der Waals surface area contributed by atoms with E-state index in [1.165, 1.54) is 12.1 Å². The maximum Gasteiger partial charge on any atom is 0.201 e. The highest BCUT2D eigenvalue weighted by Gasteiger charge is 2.12. The van der Waals surface area contributed by atoms with E-state index in [4.69, 9.17) is 28.4 Å². The second kappa shape index (κ2) is 16.6. The predicted octanol–water partition coefficient (Wildman–Crippen LogP) is 1.82. The van der Waals surface area contributed by atoms with Gasteiger partial charge in [0.1, 0.15) is 11.5 Å². The minimum Gasteiger partial charge on any atom is -0.497 e. The molecule has 1 aliphatic heterocycles. The van der Waals surface area contributed by atoms with Gasteiger partial charge in [-0.15, -0.1) is 0 Å². The Balaban J connectivity index is 1.61. The Labute approximate surface area is 223 Å². The van der Waals surface area contributed by atoms with Crippen LogP contribution in [0.3, 0.4) is 0 Å². The molecule has 1 fully saturated rings. The Morgan fingerprint density at radius 3 is 1.13 bits per heavy atom. The fraction of sp³-hybridized carbons (Fsp3) is 0.500. The van der Waals surface area contributed by atoms with Crippen molar-refractivity contribution in [3.05, 3.63) is 69.0 Å². The van der Waals surface area contributed by atoms with E-state index in [0.717, 1.165) is 0 Å². The summed E-state index contributed by atoms with van der Waals surface area (Å²) < 4.78 is 33.6. The molecule has 0 unspecified atom stereocenters. The summed E-state index contributed by atoms with van der Waals surface area (Å²) in [6, 6.07) is 13.4. The fourth-order valence-corrected chi connectivity index (χ4v) is 3.93. The van der Waals surface area contributed by atoms with Crippen LogP contribution in [0.1, 0.15) is 0 Å². The number of hydrogen-bond donors (Lipinski definition) is 0. The van der Waals surface area contributed by atoms with Gasteiger partial charge in [0.2, 0.25) is 10.9 Å². The van der Waals surface area contributed by atoms with E-state index in [1.807, 2.05) is 9.80 Å². The topological polar surface area (TPSA) is 96.0 Å². The van der Waals surface area contributed by atoms with E-state index >= 15 is 0 Å². The first-order valence-electron chi connectivity index (χ1n) is 12.8. The molecule has 38 heavy (non-hydrogen) atoms. The van der Waals surface area contributed by atoms with Gasteiger partial charge in [0.05, 0.1) is 78.4 Å². The van der Waals surface area contributed by atoms with Crippen LogP contribution in [0.15, 0.2) is 58.1 Å². The van der Waals surface area contributed by atoms with Crippen LogP contribution in [0.4, 0.5) is 11.4 Å². The van der Waals surface area contributed by atoms with E-state index in [2.05, 4.69) is 0 Å². The van der Waals surface area contributed by atoms with Crippen molar-refractivity contribution in [1.82, 2.24) is 0 Å². The quantitative estimate of drug-likeness (QED) is 0.583. The molecule has 1 heterocycles. The fourth-order valence-electron chi connectivity index (χ4n) is 3.93. The minimum atomic E-state index is -0.0987. The van der Waals surface area contributed by atoms with Crippen molar-refractivity contribution in [3.63, 3.8) is 0 Å². The molecule has 10 heteroatoms. The van der Waals surface area contributed by atoms with Crippen LogP contribution in [-0.2, 0) is 18.9 Å². The molecule has 3 rings (SSSR count). The van der Waals surface area contributed by atoms with E-state index in [0.29, 0.717) is 102 Å². The van der Waals surface area contributed by atoms with Gasteiger partial charge >= 0.3 is 0 Å². The molecule has 1 aliphatic rings. The third kappa shape index (κ3) is 9.60. The number of ether oxygens (including phenoxy) is 6. The van der Waals surface area contributed by atoms with Gasteiger partial charge < -0.3 is 38.2 Å². The molecule has 0 saturated carbocycles. The number of nitrogens with zero attached hydrogens (tertiary/aromatic N) is 2. The largest absolute Gasteiger partial charge is 0.497 e. The molecule has 0 aromatic heterocycles. The summed E-state index contributed by atoms with van der Waals surface area (Å²) in [6.45, 7) is 5.46. The second-order valence-corrected chi connectivity index (χ2v) is 8.47. The Kier molecular flexibility index (Phi) is 12.8. The Morgan fingerprint density at radius 2 is 0.816 bits per heavy atom. The SMILES string of the molecule is COc1ccc(N2CCOCCOCCN(c3ccc(OC)ccc3=O)CCOCCOCC2)c(=O)cc1. The van der Waals surface area contributed by atoms with E-state index in [9.17, 15) is 9.59 Å². The number of hydrogen-bond acceptors (Lipinski definition) is 10. The Morgan fingerprint density at radius 1 is 0.500 bits per heavy atom. The van der Waals surface area contributed by atoms with Crippen molar-refractivity contribution in [2.75, 3.05) is 103 Å². The lowest BCUT2D eigenvalue weighted by Crippen LogP contribution is -2.35. The first kappa shape index (κ1) is 29.4. The van der Waals surface area contributed by atoms with E-state index in [-0.39, 0.29) is 10.9 Å². The zero-order valence-corrected chi connectivity index (χ0v) is 22.3. The van der Waals surface area contributed by atoms with Crippen LogP contribution in [0, 0.1) is 0 Å². The lowest BCUT2D eigenvalue weighted by Gasteiger charge is -2.25. The summed E-state index contributed by atoms with van der Waals surface area (Å²) in [4.78, 5) is 29.3. The number of anilines is 2. The average molecular weight is 531 g/mol. The maximum atomic E-state index is 12.7. The minimum absolute atomic E-state index is 0.0987. The summed E-state index contributed by atoms with van der Waals surface area (Å²) in [5, 5.41) is 0. The summed E-state index contributed by atoms with van der Waals surface area (Å²) in [5.41, 5.74) is 0.927. The van der Waals surface area contributed by atoms with Crippen molar-refractivity contribution >= 4 is 11.4 Å². The molecule has 2 aromatic rings. The average Bonchev–Trinajstić information content (AvgIpc) is 3.23. The molecule has 2 aromatic carbocycles. The van der Waals surface area contributed by atoms with Gasteiger partial charge in [0.15, 0.2) is 0 Å². The van der Waals surface area contributed by atoms with Gasteiger partial charge in [0, 0.05) is 26.2 Å². The third-order valence-electron chi connectivity index (χ3n) is 6.03. The predicted molar refractivity (Wildman–Crippen MR) is 146 cm³/mol.